The van der Waals surface area contributed by atoms with Crippen molar-refractivity contribution in [3.05, 3.63) is 94.4 Å². The third-order valence-electron chi connectivity index (χ3n) is 5.30. The van der Waals surface area contributed by atoms with E-state index in [0.717, 1.165) is 25.2 Å². The summed E-state index contributed by atoms with van der Waals surface area (Å²) in [6.45, 7) is 3.90. The van der Waals surface area contributed by atoms with E-state index in [0.29, 0.717) is 35.4 Å². The van der Waals surface area contributed by atoms with Crippen molar-refractivity contribution in [2.45, 2.75) is 18.1 Å². The standard InChI is InChI=1S/C24H25ClN2O3S/c25-21-8-4-7-20(15-21)17-31(29)18-22-9-10-23(30-22)24(28)27-13-11-26(12-14-27)16-19-5-2-1-3-6-19/h1-10,15H,11-14,16-18H2/t31-/m1/s1. The molecule has 31 heavy (non-hydrogen) atoms. The number of carbonyl (C=O) groups is 1. The van der Waals surface area contributed by atoms with Gasteiger partial charge in [-0.1, -0.05) is 54.1 Å². The van der Waals surface area contributed by atoms with Crippen molar-refractivity contribution < 1.29 is 13.4 Å². The summed E-state index contributed by atoms with van der Waals surface area (Å²) in [5, 5.41) is 0.629. The number of hydrogen-bond donors (Lipinski definition) is 0. The topological polar surface area (TPSA) is 53.8 Å². The highest BCUT2D eigenvalue weighted by Gasteiger charge is 2.24. The first kappa shape index (κ1) is 21.8. The van der Waals surface area contributed by atoms with Gasteiger partial charge in [0.15, 0.2) is 5.76 Å². The van der Waals surface area contributed by atoms with Gasteiger partial charge in [-0.05, 0) is 35.4 Å². The fourth-order valence-electron chi connectivity index (χ4n) is 3.70. The molecule has 2 heterocycles. The lowest BCUT2D eigenvalue weighted by Gasteiger charge is -2.34. The monoisotopic (exact) mass is 456 g/mol. The molecule has 1 aromatic heterocycles. The maximum Gasteiger partial charge on any atom is 0.289 e. The number of piperazine rings is 1. The molecule has 2 aromatic carbocycles. The van der Waals surface area contributed by atoms with E-state index in [-0.39, 0.29) is 11.7 Å². The Balaban J connectivity index is 1.28. The number of halogens is 1. The normalized spacial score (nSPS) is 15.7. The van der Waals surface area contributed by atoms with Gasteiger partial charge in [0.05, 0.1) is 5.75 Å². The number of hydrogen-bond acceptors (Lipinski definition) is 4. The van der Waals surface area contributed by atoms with Crippen LogP contribution in [0.15, 0.2) is 71.1 Å². The van der Waals surface area contributed by atoms with Gasteiger partial charge in [-0.25, -0.2) is 0 Å². The molecule has 3 aromatic rings. The molecule has 0 aliphatic carbocycles. The van der Waals surface area contributed by atoms with E-state index in [9.17, 15) is 9.00 Å². The van der Waals surface area contributed by atoms with Crippen LogP contribution in [-0.4, -0.2) is 46.1 Å². The van der Waals surface area contributed by atoms with Crippen LogP contribution in [0, 0.1) is 0 Å². The molecule has 7 heteroatoms. The fourth-order valence-corrected chi connectivity index (χ4v) is 5.04. The van der Waals surface area contributed by atoms with Crippen LogP contribution < -0.4 is 0 Å². The van der Waals surface area contributed by atoms with Crippen molar-refractivity contribution in [2.75, 3.05) is 26.2 Å². The molecule has 5 nitrogen and oxygen atoms in total. The molecule has 0 N–H and O–H groups in total. The summed E-state index contributed by atoms with van der Waals surface area (Å²) in [4.78, 5) is 17.0. The van der Waals surface area contributed by atoms with Crippen molar-refractivity contribution in [3.8, 4) is 0 Å². The number of rotatable bonds is 7. The van der Waals surface area contributed by atoms with Crippen LogP contribution in [-0.2, 0) is 28.9 Å². The van der Waals surface area contributed by atoms with Gasteiger partial charge in [0, 0.05) is 54.3 Å². The van der Waals surface area contributed by atoms with Crippen LogP contribution in [0.25, 0.3) is 0 Å². The van der Waals surface area contributed by atoms with Crippen LogP contribution in [0.1, 0.15) is 27.4 Å². The maximum absolute atomic E-state index is 12.8. The van der Waals surface area contributed by atoms with Crippen LogP contribution in [0.2, 0.25) is 5.02 Å². The molecule has 1 saturated heterocycles. The summed E-state index contributed by atoms with van der Waals surface area (Å²) in [5.41, 5.74) is 2.20. The lowest BCUT2D eigenvalue weighted by Crippen LogP contribution is -2.48. The quantitative estimate of drug-likeness (QED) is 0.530. The lowest BCUT2D eigenvalue weighted by molar-refractivity contribution is 0.0596. The molecule has 0 radical (unpaired) electrons. The molecule has 0 unspecified atom stereocenters. The lowest BCUT2D eigenvalue weighted by atomic mass is 10.2. The first-order chi connectivity index (χ1) is 15.1. The second-order valence-electron chi connectivity index (χ2n) is 7.68. The first-order valence-corrected chi connectivity index (χ1v) is 12.2. The molecule has 0 bridgehead atoms. The Morgan fingerprint density at radius 3 is 2.39 bits per heavy atom. The molecule has 1 amide bonds. The van der Waals surface area contributed by atoms with Crippen LogP contribution in [0.5, 0.6) is 0 Å². The zero-order valence-corrected chi connectivity index (χ0v) is 18.8. The summed E-state index contributed by atoms with van der Waals surface area (Å²) in [6.07, 6.45) is 0. The number of carbonyl (C=O) groups excluding carboxylic acids is 1. The smallest absolute Gasteiger partial charge is 0.289 e. The second-order valence-corrected chi connectivity index (χ2v) is 9.57. The average Bonchev–Trinajstić information content (AvgIpc) is 3.23. The molecule has 162 valence electrons. The number of amides is 1. The molecule has 1 aliphatic rings. The Kier molecular flexibility index (Phi) is 7.22. The summed E-state index contributed by atoms with van der Waals surface area (Å²) in [7, 11) is -1.14. The van der Waals surface area contributed by atoms with Crippen molar-refractivity contribution in [1.29, 1.82) is 0 Å². The zero-order chi connectivity index (χ0) is 21.6. The highest BCUT2D eigenvalue weighted by atomic mass is 35.5. The van der Waals surface area contributed by atoms with Gasteiger partial charge in [0.1, 0.15) is 5.76 Å². The Labute approximate surface area is 190 Å². The maximum atomic E-state index is 12.8. The molecule has 4 rings (SSSR count). The van der Waals surface area contributed by atoms with Crippen molar-refractivity contribution in [3.63, 3.8) is 0 Å². The molecule has 0 saturated carbocycles. The Morgan fingerprint density at radius 2 is 1.65 bits per heavy atom. The number of benzene rings is 2. The molecular weight excluding hydrogens is 432 g/mol. The van der Waals surface area contributed by atoms with Gasteiger partial charge in [-0.3, -0.25) is 13.9 Å². The summed E-state index contributed by atoms with van der Waals surface area (Å²) in [5.74, 6) is 1.43. The van der Waals surface area contributed by atoms with E-state index in [1.165, 1.54) is 5.56 Å². The van der Waals surface area contributed by atoms with E-state index >= 15 is 0 Å². The van der Waals surface area contributed by atoms with Gasteiger partial charge in [-0.2, -0.15) is 0 Å². The minimum Gasteiger partial charge on any atom is -0.455 e. The van der Waals surface area contributed by atoms with E-state index in [1.54, 1.807) is 18.2 Å². The molecule has 0 spiro atoms. The van der Waals surface area contributed by atoms with Crippen molar-refractivity contribution in [2.24, 2.45) is 0 Å². The van der Waals surface area contributed by atoms with Gasteiger partial charge in [0.2, 0.25) is 0 Å². The predicted octanol–water partition coefficient (Wildman–Crippen LogP) is 4.34. The van der Waals surface area contributed by atoms with Crippen LogP contribution >= 0.6 is 11.6 Å². The Hall–Kier alpha value is -2.41. The highest BCUT2D eigenvalue weighted by Crippen LogP contribution is 2.17. The Morgan fingerprint density at radius 1 is 0.903 bits per heavy atom. The molecular formula is C24H25ClN2O3S. The first-order valence-electron chi connectivity index (χ1n) is 10.3. The van der Waals surface area contributed by atoms with Crippen molar-refractivity contribution >= 4 is 28.3 Å². The molecule has 1 atom stereocenters. The van der Waals surface area contributed by atoms with E-state index in [1.807, 2.05) is 41.3 Å². The number of nitrogens with zero attached hydrogens (tertiary/aromatic N) is 2. The molecule has 1 fully saturated rings. The SMILES string of the molecule is O=C(c1ccc(C[S@](=O)Cc2cccc(Cl)c2)o1)N1CCN(Cc2ccccc2)CC1. The fraction of sp³-hybridized carbons (Fsp3) is 0.292. The minimum absolute atomic E-state index is 0.105. The van der Waals surface area contributed by atoms with Crippen LogP contribution in [0.3, 0.4) is 0 Å². The largest absolute Gasteiger partial charge is 0.455 e. The second kappa shape index (κ2) is 10.3. The number of furan rings is 1. The predicted molar refractivity (Wildman–Crippen MR) is 123 cm³/mol. The summed E-state index contributed by atoms with van der Waals surface area (Å²) >= 11 is 5.99. The van der Waals surface area contributed by atoms with Gasteiger partial charge in [-0.15, -0.1) is 0 Å². The Bertz CT molecular complexity index is 1050. The van der Waals surface area contributed by atoms with E-state index in [4.69, 9.17) is 16.0 Å². The van der Waals surface area contributed by atoms with Crippen LogP contribution in [0.4, 0.5) is 0 Å². The zero-order valence-electron chi connectivity index (χ0n) is 17.2. The van der Waals surface area contributed by atoms with Gasteiger partial charge >= 0.3 is 0 Å². The molecule has 1 aliphatic heterocycles. The minimum atomic E-state index is -1.14. The van der Waals surface area contributed by atoms with Gasteiger partial charge in [0.25, 0.3) is 5.91 Å². The van der Waals surface area contributed by atoms with Crippen molar-refractivity contribution in [1.82, 2.24) is 9.80 Å². The third-order valence-corrected chi connectivity index (χ3v) is 6.80. The third kappa shape index (κ3) is 6.06. The highest BCUT2D eigenvalue weighted by molar-refractivity contribution is 7.83. The summed E-state index contributed by atoms with van der Waals surface area (Å²) < 4.78 is 18.2. The van der Waals surface area contributed by atoms with Gasteiger partial charge < -0.3 is 9.32 Å². The van der Waals surface area contributed by atoms with E-state index < -0.39 is 10.8 Å². The average molecular weight is 457 g/mol. The summed E-state index contributed by atoms with van der Waals surface area (Å²) in [6, 6.07) is 21.1. The van der Waals surface area contributed by atoms with E-state index in [2.05, 4.69) is 17.0 Å².